The molecule has 3 aromatic rings. The molecule has 2 heterocycles. The van der Waals surface area contributed by atoms with Crippen LogP contribution in [-0.4, -0.2) is 35.9 Å². The zero-order valence-electron chi connectivity index (χ0n) is 12.5. The average Bonchev–Trinajstić information content (AvgIpc) is 3.16. The number of aromatic nitrogens is 4. The van der Waals surface area contributed by atoms with E-state index in [2.05, 4.69) is 20.3 Å². The highest BCUT2D eigenvalue weighted by Gasteiger charge is 2.23. The lowest BCUT2D eigenvalue weighted by Gasteiger charge is -1.99. The van der Waals surface area contributed by atoms with Gasteiger partial charge in [-0.1, -0.05) is 5.16 Å². The van der Waals surface area contributed by atoms with Gasteiger partial charge in [0.1, 0.15) is 23.0 Å². The van der Waals surface area contributed by atoms with Crippen molar-refractivity contribution in [2.75, 3.05) is 7.11 Å². The molecular formula is C14H14N4O4S. The smallest absolute Gasteiger partial charge is 0.267 e. The predicted octanol–water partition coefficient (Wildman–Crippen LogP) is 1.75. The van der Waals surface area contributed by atoms with E-state index in [9.17, 15) is 8.42 Å². The van der Waals surface area contributed by atoms with Crippen LogP contribution in [-0.2, 0) is 15.6 Å². The molecule has 0 fully saturated rings. The van der Waals surface area contributed by atoms with Crippen molar-refractivity contribution in [3.63, 3.8) is 0 Å². The van der Waals surface area contributed by atoms with E-state index in [1.807, 2.05) is 12.1 Å². The number of hydrogen-bond acceptors (Lipinski definition) is 7. The van der Waals surface area contributed by atoms with Crippen LogP contribution in [0.3, 0.4) is 0 Å². The van der Waals surface area contributed by atoms with Gasteiger partial charge in [-0.05, 0) is 31.2 Å². The fourth-order valence-corrected chi connectivity index (χ4v) is 3.09. The second-order valence-corrected chi connectivity index (χ2v) is 6.75. The number of H-pyrrole nitrogens is 1. The highest BCUT2D eigenvalue weighted by atomic mass is 32.2. The molecule has 0 saturated heterocycles. The van der Waals surface area contributed by atoms with Crippen LogP contribution in [0.5, 0.6) is 5.75 Å². The minimum atomic E-state index is -3.68. The van der Waals surface area contributed by atoms with Gasteiger partial charge in [0.2, 0.25) is 9.84 Å². The molecule has 0 spiro atoms. The van der Waals surface area contributed by atoms with E-state index in [0.29, 0.717) is 11.5 Å². The summed E-state index contributed by atoms with van der Waals surface area (Å²) in [5.41, 5.74) is 1.34. The molecule has 0 bridgehead atoms. The topological polar surface area (TPSA) is 111 Å². The molecule has 0 amide bonds. The Morgan fingerprint density at radius 2 is 2.00 bits per heavy atom. The predicted molar refractivity (Wildman–Crippen MR) is 80.5 cm³/mol. The normalized spacial score (nSPS) is 11.6. The van der Waals surface area contributed by atoms with Gasteiger partial charge in [0.05, 0.1) is 7.11 Å². The second kappa shape index (κ2) is 5.84. The zero-order chi connectivity index (χ0) is 16.4. The summed E-state index contributed by atoms with van der Waals surface area (Å²) < 4.78 is 34.6. The highest BCUT2D eigenvalue weighted by molar-refractivity contribution is 7.90. The molecule has 1 aromatic carbocycles. The van der Waals surface area contributed by atoms with Gasteiger partial charge in [0, 0.05) is 11.6 Å². The Labute approximate surface area is 132 Å². The Bertz CT molecular complexity index is 912. The summed E-state index contributed by atoms with van der Waals surface area (Å²) in [7, 11) is -2.10. The Morgan fingerprint density at radius 3 is 2.61 bits per heavy atom. The summed E-state index contributed by atoms with van der Waals surface area (Å²) in [4.78, 5) is 3.83. The van der Waals surface area contributed by atoms with E-state index in [0.717, 1.165) is 11.3 Å². The van der Waals surface area contributed by atoms with E-state index >= 15 is 0 Å². The zero-order valence-corrected chi connectivity index (χ0v) is 13.3. The molecule has 0 radical (unpaired) electrons. The summed E-state index contributed by atoms with van der Waals surface area (Å²) in [6.45, 7) is 1.63. The number of rotatable bonds is 5. The van der Waals surface area contributed by atoms with Crippen LogP contribution in [0.25, 0.3) is 11.3 Å². The van der Waals surface area contributed by atoms with Gasteiger partial charge >= 0.3 is 0 Å². The van der Waals surface area contributed by atoms with Crippen LogP contribution in [0, 0.1) is 6.92 Å². The molecule has 0 aliphatic carbocycles. The van der Waals surface area contributed by atoms with Crippen LogP contribution in [0.1, 0.15) is 11.6 Å². The first-order valence-electron chi connectivity index (χ1n) is 6.70. The standard InChI is InChI=1S/C14H14N4O4S/c1-9-15-14(17-16-9)23(19,20)8-12-7-13(18-22-12)10-3-5-11(21-2)6-4-10/h3-7H,8H2,1-2H3,(H,15,16,17). The molecule has 3 rings (SSSR count). The van der Waals surface area contributed by atoms with Gasteiger partial charge in [0.15, 0.2) is 5.76 Å². The molecule has 0 unspecified atom stereocenters. The summed E-state index contributed by atoms with van der Waals surface area (Å²) >= 11 is 0. The maximum absolute atomic E-state index is 12.2. The minimum Gasteiger partial charge on any atom is -0.497 e. The number of nitrogens with one attached hydrogen (secondary N) is 1. The molecule has 8 nitrogen and oxygen atoms in total. The summed E-state index contributed by atoms with van der Waals surface area (Å²) in [6, 6.07) is 8.79. The number of nitrogens with zero attached hydrogens (tertiary/aromatic N) is 3. The van der Waals surface area contributed by atoms with Crippen molar-refractivity contribution in [3.05, 3.63) is 41.9 Å². The molecule has 2 aromatic heterocycles. The SMILES string of the molecule is COc1ccc(-c2cc(CS(=O)(=O)c3n[nH]c(C)n3)on2)cc1. The number of aryl methyl sites for hydroxylation is 1. The van der Waals surface area contributed by atoms with Crippen LogP contribution in [0.15, 0.2) is 40.0 Å². The van der Waals surface area contributed by atoms with Crippen molar-refractivity contribution < 1.29 is 17.7 Å². The van der Waals surface area contributed by atoms with E-state index in [1.54, 1.807) is 32.2 Å². The van der Waals surface area contributed by atoms with Crippen molar-refractivity contribution in [1.82, 2.24) is 20.3 Å². The summed E-state index contributed by atoms with van der Waals surface area (Å²) in [5, 5.41) is 9.82. The van der Waals surface area contributed by atoms with Gasteiger partial charge in [0.25, 0.3) is 5.16 Å². The Hall–Kier alpha value is -2.68. The lowest BCUT2D eigenvalue weighted by molar-refractivity contribution is 0.394. The first-order chi connectivity index (χ1) is 11.0. The molecular weight excluding hydrogens is 320 g/mol. The van der Waals surface area contributed by atoms with Crippen molar-refractivity contribution in [2.45, 2.75) is 17.8 Å². The average molecular weight is 334 g/mol. The third-order valence-corrected chi connectivity index (χ3v) is 4.54. The maximum atomic E-state index is 12.2. The van der Waals surface area contributed by atoms with E-state index < -0.39 is 9.84 Å². The van der Waals surface area contributed by atoms with Gasteiger partial charge in [-0.25, -0.2) is 13.4 Å². The van der Waals surface area contributed by atoms with Crippen LogP contribution in [0.4, 0.5) is 0 Å². The van der Waals surface area contributed by atoms with E-state index in [4.69, 9.17) is 9.26 Å². The number of aromatic amines is 1. The van der Waals surface area contributed by atoms with Crippen molar-refractivity contribution in [3.8, 4) is 17.0 Å². The Kier molecular flexibility index (Phi) is 3.87. The molecule has 0 saturated carbocycles. The lowest BCUT2D eigenvalue weighted by Crippen LogP contribution is -2.06. The molecule has 23 heavy (non-hydrogen) atoms. The Balaban J connectivity index is 1.81. The van der Waals surface area contributed by atoms with Crippen LogP contribution < -0.4 is 4.74 Å². The minimum absolute atomic E-state index is 0.221. The summed E-state index contributed by atoms with van der Waals surface area (Å²) in [5.74, 6) is 1.02. The van der Waals surface area contributed by atoms with Crippen molar-refractivity contribution in [2.24, 2.45) is 0 Å². The van der Waals surface area contributed by atoms with Gasteiger partial charge in [-0.3, -0.25) is 5.10 Å². The largest absolute Gasteiger partial charge is 0.497 e. The quantitative estimate of drug-likeness (QED) is 0.756. The monoisotopic (exact) mass is 334 g/mol. The molecule has 120 valence electrons. The van der Waals surface area contributed by atoms with Crippen LogP contribution in [0.2, 0.25) is 0 Å². The highest BCUT2D eigenvalue weighted by Crippen LogP contribution is 2.23. The van der Waals surface area contributed by atoms with Gasteiger partial charge < -0.3 is 9.26 Å². The summed E-state index contributed by atoms with van der Waals surface area (Å²) in [6.07, 6.45) is 0. The number of ether oxygens (including phenoxy) is 1. The molecule has 0 atom stereocenters. The maximum Gasteiger partial charge on any atom is 0.267 e. The molecule has 0 aliphatic rings. The molecule has 9 heteroatoms. The molecule has 0 aliphatic heterocycles. The molecule has 1 N–H and O–H groups in total. The van der Waals surface area contributed by atoms with Crippen molar-refractivity contribution in [1.29, 1.82) is 0 Å². The van der Waals surface area contributed by atoms with E-state index in [1.165, 1.54) is 0 Å². The first-order valence-corrected chi connectivity index (χ1v) is 8.35. The fourth-order valence-electron chi connectivity index (χ4n) is 1.99. The number of hydrogen-bond donors (Lipinski definition) is 1. The fraction of sp³-hybridized carbons (Fsp3) is 0.214. The number of methoxy groups -OCH3 is 1. The van der Waals surface area contributed by atoms with Gasteiger partial charge in [-0.2, -0.15) is 0 Å². The first kappa shape index (κ1) is 15.2. The Morgan fingerprint density at radius 1 is 1.26 bits per heavy atom. The third kappa shape index (κ3) is 3.24. The van der Waals surface area contributed by atoms with Crippen molar-refractivity contribution >= 4 is 9.84 Å². The number of sulfone groups is 1. The van der Waals surface area contributed by atoms with Gasteiger partial charge in [-0.15, -0.1) is 5.10 Å². The second-order valence-electron chi connectivity index (χ2n) is 4.87. The number of benzene rings is 1. The third-order valence-electron chi connectivity index (χ3n) is 3.13. The van der Waals surface area contributed by atoms with Crippen LogP contribution >= 0.6 is 0 Å². The lowest BCUT2D eigenvalue weighted by atomic mass is 10.1. The van der Waals surface area contributed by atoms with E-state index in [-0.39, 0.29) is 16.7 Å².